The van der Waals surface area contributed by atoms with Crippen molar-refractivity contribution in [1.29, 1.82) is 0 Å². The Balaban J connectivity index is 1.81. The van der Waals surface area contributed by atoms with Crippen LogP contribution >= 0.6 is 11.6 Å². The Hall–Kier alpha value is -1.99. The molecule has 0 radical (unpaired) electrons. The van der Waals surface area contributed by atoms with Crippen molar-refractivity contribution in [1.82, 2.24) is 15.0 Å². The minimum atomic E-state index is -0.495. The molecule has 6 nitrogen and oxygen atoms in total. The summed E-state index contributed by atoms with van der Waals surface area (Å²) in [6.07, 6.45) is 1.07. The summed E-state index contributed by atoms with van der Waals surface area (Å²) in [5.41, 5.74) is 0.188. The number of carbonyl (C=O) groups is 1. The number of halogens is 2. The van der Waals surface area contributed by atoms with Crippen molar-refractivity contribution in [3.05, 3.63) is 46.8 Å². The molecule has 0 N–H and O–H groups in total. The predicted octanol–water partition coefficient (Wildman–Crippen LogP) is 2.00. The molecule has 116 valence electrons. The summed E-state index contributed by atoms with van der Waals surface area (Å²) < 4.78 is 23.9. The van der Waals surface area contributed by atoms with Gasteiger partial charge in [-0.05, 0) is 12.1 Å². The molecule has 1 unspecified atom stereocenters. The van der Waals surface area contributed by atoms with E-state index in [0.717, 1.165) is 0 Å². The van der Waals surface area contributed by atoms with Gasteiger partial charge in [0.1, 0.15) is 11.9 Å². The topological polar surface area (TPSA) is 68.5 Å². The van der Waals surface area contributed by atoms with Gasteiger partial charge in [0.2, 0.25) is 12.3 Å². The molecule has 0 saturated carbocycles. The van der Waals surface area contributed by atoms with E-state index in [0.29, 0.717) is 19.0 Å². The smallest absolute Gasteiger partial charge is 0.227 e. The lowest BCUT2D eigenvalue weighted by atomic mass is 10.1. The van der Waals surface area contributed by atoms with Crippen LogP contribution in [0, 0.1) is 5.82 Å². The maximum absolute atomic E-state index is 13.8. The lowest BCUT2D eigenvalue weighted by Crippen LogP contribution is -2.44. The van der Waals surface area contributed by atoms with Crippen molar-refractivity contribution < 1.29 is 18.4 Å². The van der Waals surface area contributed by atoms with E-state index >= 15 is 0 Å². The van der Waals surface area contributed by atoms with Crippen LogP contribution in [-0.4, -0.2) is 40.7 Å². The van der Waals surface area contributed by atoms with Gasteiger partial charge in [0.15, 0.2) is 5.82 Å². The number of carbonyl (C=O) groups excluding carboxylic acids is 1. The third-order valence-electron chi connectivity index (χ3n) is 3.51. The van der Waals surface area contributed by atoms with Crippen LogP contribution in [-0.2, 0) is 16.0 Å². The zero-order valence-corrected chi connectivity index (χ0v) is 12.3. The molecule has 1 aromatic carbocycles. The van der Waals surface area contributed by atoms with Crippen LogP contribution in [0.25, 0.3) is 0 Å². The third-order valence-corrected chi connectivity index (χ3v) is 3.87. The van der Waals surface area contributed by atoms with Gasteiger partial charge in [-0.3, -0.25) is 4.79 Å². The van der Waals surface area contributed by atoms with Gasteiger partial charge in [0, 0.05) is 17.1 Å². The Labute approximate surface area is 130 Å². The van der Waals surface area contributed by atoms with E-state index in [1.807, 2.05) is 0 Å². The van der Waals surface area contributed by atoms with E-state index in [-0.39, 0.29) is 29.5 Å². The number of rotatable bonds is 3. The Kier molecular flexibility index (Phi) is 4.35. The lowest BCUT2D eigenvalue weighted by molar-refractivity contribution is -0.139. The molecule has 0 spiro atoms. The highest BCUT2D eigenvalue weighted by atomic mass is 35.5. The van der Waals surface area contributed by atoms with Crippen LogP contribution in [0.2, 0.25) is 5.02 Å². The van der Waals surface area contributed by atoms with Gasteiger partial charge in [-0.15, -0.1) is 0 Å². The molecule has 8 heteroatoms. The molecule has 1 aliphatic heterocycles. The van der Waals surface area contributed by atoms with E-state index in [4.69, 9.17) is 20.9 Å². The maximum Gasteiger partial charge on any atom is 0.227 e. The molecular weight excluding hydrogens is 313 g/mol. The molecular formula is C14H13ClFN3O3. The summed E-state index contributed by atoms with van der Waals surface area (Å²) >= 11 is 5.97. The minimum absolute atomic E-state index is 0.125. The number of hydrogen-bond acceptors (Lipinski definition) is 5. The van der Waals surface area contributed by atoms with Gasteiger partial charge in [-0.25, -0.2) is 4.39 Å². The number of nitrogens with zero attached hydrogens (tertiary/aromatic N) is 3. The Morgan fingerprint density at radius 2 is 2.36 bits per heavy atom. The Morgan fingerprint density at radius 1 is 1.50 bits per heavy atom. The van der Waals surface area contributed by atoms with Gasteiger partial charge >= 0.3 is 0 Å². The summed E-state index contributed by atoms with van der Waals surface area (Å²) in [5, 5.41) is 3.99. The fraction of sp³-hybridized carbons (Fsp3) is 0.357. The molecule has 1 fully saturated rings. The van der Waals surface area contributed by atoms with E-state index in [2.05, 4.69) is 10.1 Å². The van der Waals surface area contributed by atoms with Crippen LogP contribution in [0.4, 0.5) is 4.39 Å². The minimum Gasteiger partial charge on any atom is -0.377 e. The number of ether oxygens (including phenoxy) is 1. The first-order valence-corrected chi connectivity index (χ1v) is 7.11. The van der Waals surface area contributed by atoms with Gasteiger partial charge in [0.05, 0.1) is 19.6 Å². The molecule has 0 bridgehead atoms. The summed E-state index contributed by atoms with van der Waals surface area (Å²) in [5.74, 6) is -0.386. The highest BCUT2D eigenvalue weighted by Gasteiger charge is 2.32. The monoisotopic (exact) mass is 325 g/mol. The van der Waals surface area contributed by atoms with Crippen molar-refractivity contribution in [2.24, 2.45) is 0 Å². The van der Waals surface area contributed by atoms with Crippen LogP contribution < -0.4 is 0 Å². The van der Waals surface area contributed by atoms with Crippen molar-refractivity contribution in [2.75, 3.05) is 19.8 Å². The summed E-state index contributed by atoms with van der Waals surface area (Å²) in [6, 6.07) is 3.90. The number of benzene rings is 1. The van der Waals surface area contributed by atoms with Crippen molar-refractivity contribution in [3.8, 4) is 0 Å². The van der Waals surface area contributed by atoms with Gasteiger partial charge < -0.3 is 14.2 Å². The van der Waals surface area contributed by atoms with Crippen molar-refractivity contribution in [3.63, 3.8) is 0 Å². The number of aromatic nitrogens is 2. The second kappa shape index (κ2) is 6.41. The van der Waals surface area contributed by atoms with Crippen LogP contribution in [0.15, 0.2) is 29.1 Å². The maximum atomic E-state index is 13.8. The molecule has 22 heavy (non-hydrogen) atoms. The third kappa shape index (κ3) is 2.95. The van der Waals surface area contributed by atoms with Crippen molar-refractivity contribution in [2.45, 2.75) is 12.5 Å². The quantitative estimate of drug-likeness (QED) is 0.863. The summed E-state index contributed by atoms with van der Waals surface area (Å²) in [7, 11) is 0. The first-order chi connectivity index (χ1) is 10.7. The largest absolute Gasteiger partial charge is 0.377 e. The normalized spacial score (nSPS) is 18.5. The average Bonchev–Trinajstić information content (AvgIpc) is 3.05. The Morgan fingerprint density at radius 3 is 3.09 bits per heavy atom. The number of morpholine rings is 1. The predicted molar refractivity (Wildman–Crippen MR) is 74.7 cm³/mol. The van der Waals surface area contributed by atoms with Gasteiger partial charge in [-0.1, -0.05) is 22.8 Å². The molecule has 1 aromatic heterocycles. The first kappa shape index (κ1) is 14.9. The summed E-state index contributed by atoms with van der Waals surface area (Å²) in [4.78, 5) is 18.1. The fourth-order valence-electron chi connectivity index (χ4n) is 2.40. The second-order valence-corrected chi connectivity index (χ2v) is 5.25. The van der Waals surface area contributed by atoms with Crippen LogP contribution in [0.1, 0.15) is 17.4 Å². The van der Waals surface area contributed by atoms with Crippen LogP contribution in [0.5, 0.6) is 0 Å². The number of amides is 1. The lowest BCUT2D eigenvalue weighted by Gasteiger charge is -2.33. The second-order valence-electron chi connectivity index (χ2n) is 4.84. The highest BCUT2D eigenvalue weighted by Crippen LogP contribution is 2.25. The van der Waals surface area contributed by atoms with E-state index in [1.54, 1.807) is 11.0 Å². The number of hydrogen-bond donors (Lipinski definition) is 0. The van der Waals surface area contributed by atoms with Crippen molar-refractivity contribution >= 4 is 17.5 Å². The molecule has 2 heterocycles. The van der Waals surface area contributed by atoms with E-state index in [9.17, 15) is 9.18 Å². The highest BCUT2D eigenvalue weighted by molar-refractivity contribution is 6.31. The van der Waals surface area contributed by atoms with E-state index in [1.165, 1.54) is 18.5 Å². The van der Waals surface area contributed by atoms with E-state index < -0.39 is 11.9 Å². The molecule has 1 amide bonds. The first-order valence-electron chi connectivity index (χ1n) is 6.73. The SMILES string of the molecule is O=C(Cc1c(F)cccc1Cl)N1CCOCC1c1ncon1. The molecule has 1 aliphatic rings. The molecule has 3 rings (SSSR count). The van der Waals surface area contributed by atoms with Crippen LogP contribution in [0.3, 0.4) is 0 Å². The molecule has 1 saturated heterocycles. The molecule has 0 aliphatic carbocycles. The standard InChI is InChI=1S/C14H13ClFN3O3/c15-10-2-1-3-11(16)9(10)6-13(20)19-4-5-21-7-12(19)14-17-8-22-18-14/h1-3,8,12H,4-7H2. The van der Waals surface area contributed by atoms with Gasteiger partial charge in [0.25, 0.3) is 0 Å². The molecule has 2 aromatic rings. The average molecular weight is 326 g/mol. The molecule has 1 atom stereocenters. The summed E-state index contributed by atoms with van der Waals surface area (Å²) in [6.45, 7) is 1.06. The fourth-order valence-corrected chi connectivity index (χ4v) is 2.63. The zero-order chi connectivity index (χ0) is 15.5. The Bertz CT molecular complexity index is 645. The zero-order valence-electron chi connectivity index (χ0n) is 11.5. The van der Waals surface area contributed by atoms with Gasteiger partial charge in [-0.2, -0.15) is 4.98 Å².